The fraction of sp³-hybridized carbons (Fsp3) is 0.333. The fourth-order valence-electron chi connectivity index (χ4n) is 1.97. The minimum Gasteiger partial charge on any atom is -0.383 e. The Morgan fingerprint density at radius 2 is 2.13 bits per heavy atom. The molecule has 0 atom stereocenters. The van der Waals surface area contributed by atoms with Crippen molar-refractivity contribution in [3.8, 4) is 0 Å². The van der Waals surface area contributed by atoms with Crippen molar-refractivity contribution in [3.05, 3.63) is 45.6 Å². The second-order valence-electron chi connectivity index (χ2n) is 4.94. The topological polar surface area (TPSA) is 51.1 Å². The van der Waals surface area contributed by atoms with E-state index < -0.39 is 0 Å². The zero-order valence-electron chi connectivity index (χ0n) is 12.9. The summed E-state index contributed by atoms with van der Waals surface area (Å²) in [5.41, 5.74) is 1.95. The van der Waals surface area contributed by atoms with E-state index in [0.717, 1.165) is 11.3 Å². The van der Waals surface area contributed by atoms with E-state index in [1.165, 1.54) is 0 Å². The lowest BCUT2D eigenvalue weighted by molar-refractivity contribution is 0.204. The van der Waals surface area contributed by atoms with Gasteiger partial charge in [-0.15, -0.1) is 0 Å². The largest absolute Gasteiger partial charge is 0.383 e. The van der Waals surface area contributed by atoms with Crippen LogP contribution in [0.1, 0.15) is 11.3 Å². The standard InChI is InChI=1S/C15H18Cl2N4OS/c1-10-7-14(19-15(23)18-5-6-22-2)20-21(10)9-11-3-4-12(16)8-13(11)17/h3-4,7-8H,5-6,9H2,1-2H3,(H2,18,19,20,23). The number of hydrogen-bond acceptors (Lipinski definition) is 3. The monoisotopic (exact) mass is 372 g/mol. The van der Waals surface area contributed by atoms with Gasteiger partial charge in [-0.2, -0.15) is 5.10 Å². The van der Waals surface area contributed by atoms with Crippen LogP contribution >= 0.6 is 35.4 Å². The Kier molecular flexibility index (Phi) is 6.65. The Labute approximate surface area is 150 Å². The van der Waals surface area contributed by atoms with Gasteiger partial charge in [0.1, 0.15) is 0 Å². The molecule has 1 heterocycles. The van der Waals surface area contributed by atoms with E-state index in [2.05, 4.69) is 15.7 Å². The molecular weight excluding hydrogens is 355 g/mol. The van der Waals surface area contributed by atoms with Crippen LogP contribution in [0, 0.1) is 6.92 Å². The number of rotatable bonds is 6. The highest BCUT2D eigenvalue weighted by molar-refractivity contribution is 7.80. The zero-order valence-corrected chi connectivity index (χ0v) is 15.2. The van der Waals surface area contributed by atoms with Crippen LogP contribution in [0.15, 0.2) is 24.3 Å². The maximum Gasteiger partial charge on any atom is 0.172 e. The summed E-state index contributed by atoms with van der Waals surface area (Å²) in [6.45, 7) is 3.77. The average molecular weight is 373 g/mol. The molecule has 0 aliphatic rings. The van der Waals surface area contributed by atoms with Gasteiger partial charge in [-0.1, -0.05) is 29.3 Å². The van der Waals surface area contributed by atoms with Gasteiger partial charge < -0.3 is 15.4 Å². The Balaban J connectivity index is 2.01. The number of thiocarbonyl (C=S) groups is 1. The minimum absolute atomic E-state index is 0.510. The Bertz CT molecular complexity index is 690. The smallest absolute Gasteiger partial charge is 0.172 e. The van der Waals surface area contributed by atoms with Gasteiger partial charge in [0.2, 0.25) is 0 Å². The van der Waals surface area contributed by atoms with E-state index in [9.17, 15) is 0 Å². The Morgan fingerprint density at radius 1 is 1.35 bits per heavy atom. The van der Waals surface area contributed by atoms with Crippen molar-refractivity contribution in [1.29, 1.82) is 0 Å². The van der Waals surface area contributed by atoms with E-state index in [4.69, 9.17) is 40.2 Å². The molecule has 1 aromatic carbocycles. The molecule has 0 saturated heterocycles. The first-order valence-corrected chi connectivity index (χ1v) is 8.18. The molecular formula is C15H18Cl2N4OS. The predicted molar refractivity (Wildman–Crippen MR) is 98.6 cm³/mol. The van der Waals surface area contributed by atoms with Crippen LogP contribution in [-0.2, 0) is 11.3 Å². The molecule has 8 heteroatoms. The number of anilines is 1. The highest BCUT2D eigenvalue weighted by Crippen LogP contribution is 2.22. The highest BCUT2D eigenvalue weighted by atomic mass is 35.5. The third kappa shape index (κ3) is 5.35. The molecule has 2 N–H and O–H groups in total. The number of aromatic nitrogens is 2. The van der Waals surface area contributed by atoms with Crippen LogP contribution < -0.4 is 10.6 Å². The molecule has 2 aromatic rings. The van der Waals surface area contributed by atoms with Crippen molar-refractivity contribution in [2.75, 3.05) is 25.6 Å². The summed E-state index contributed by atoms with van der Waals surface area (Å²) in [4.78, 5) is 0. The second-order valence-corrected chi connectivity index (χ2v) is 6.19. The molecule has 0 spiro atoms. The molecule has 0 bridgehead atoms. The highest BCUT2D eigenvalue weighted by Gasteiger charge is 2.08. The Morgan fingerprint density at radius 3 is 2.83 bits per heavy atom. The molecule has 0 fully saturated rings. The second kappa shape index (κ2) is 8.49. The lowest BCUT2D eigenvalue weighted by Crippen LogP contribution is -2.31. The SMILES string of the molecule is COCCNC(=S)Nc1cc(C)n(Cc2ccc(Cl)cc2Cl)n1. The molecule has 0 saturated carbocycles. The van der Waals surface area contributed by atoms with Gasteiger partial charge in [-0.3, -0.25) is 4.68 Å². The van der Waals surface area contributed by atoms with Gasteiger partial charge in [-0.25, -0.2) is 0 Å². The van der Waals surface area contributed by atoms with E-state index >= 15 is 0 Å². The van der Waals surface area contributed by atoms with Crippen LogP contribution in [0.2, 0.25) is 10.0 Å². The summed E-state index contributed by atoms with van der Waals surface area (Å²) in [5.74, 6) is 0.683. The molecule has 124 valence electrons. The zero-order chi connectivity index (χ0) is 16.8. The van der Waals surface area contributed by atoms with E-state index in [1.54, 1.807) is 13.2 Å². The van der Waals surface area contributed by atoms with Crippen molar-refractivity contribution < 1.29 is 4.74 Å². The number of nitrogens with one attached hydrogen (secondary N) is 2. The van der Waals surface area contributed by atoms with Gasteiger partial charge in [0, 0.05) is 35.5 Å². The van der Waals surface area contributed by atoms with Crippen LogP contribution in [0.5, 0.6) is 0 Å². The molecule has 5 nitrogen and oxygen atoms in total. The molecule has 0 unspecified atom stereocenters. The number of benzene rings is 1. The van der Waals surface area contributed by atoms with Crippen molar-refractivity contribution in [2.45, 2.75) is 13.5 Å². The molecule has 0 amide bonds. The van der Waals surface area contributed by atoms with E-state index in [0.29, 0.717) is 40.7 Å². The van der Waals surface area contributed by atoms with Gasteiger partial charge in [0.05, 0.1) is 13.2 Å². The minimum atomic E-state index is 0.510. The number of halogens is 2. The number of methoxy groups -OCH3 is 1. The van der Waals surface area contributed by atoms with Crippen LogP contribution in [0.4, 0.5) is 5.82 Å². The summed E-state index contributed by atoms with van der Waals surface area (Å²) in [5, 5.41) is 12.3. The molecule has 23 heavy (non-hydrogen) atoms. The quantitative estimate of drug-likeness (QED) is 0.600. The summed E-state index contributed by atoms with van der Waals surface area (Å²) in [6, 6.07) is 7.37. The van der Waals surface area contributed by atoms with Crippen molar-refractivity contribution >= 4 is 46.4 Å². The maximum atomic E-state index is 6.21. The molecule has 0 radical (unpaired) electrons. The van der Waals surface area contributed by atoms with Gasteiger partial charge in [0.25, 0.3) is 0 Å². The number of ether oxygens (including phenoxy) is 1. The third-order valence-electron chi connectivity index (χ3n) is 3.15. The molecule has 0 aliphatic carbocycles. The van der Waals surface area contributed by atoms with Crippen molar-refractivity contribution in [3.63, 3.8) is 0 Å². The maximum absolute atomic E-state index is 6.21. The lowest BCUT2D eigenvalue weighted by atomic mass is 10.2. The van der Waals surface area contributed by atoms with Crippen molar-refractivity contribution in [2.24, 2.45) is 0 Å². The van der Waals surface area contributed by atoms with Crippen LogP contribution in [-0.4, -0.2) is 35.2 Å². The number of nitrogens with zero attached hydrogens (tertiary/aromatic N) is 2. The summed E-state index contributed by atoms with van der Waals surface area (Å²) in [7, 11) is 1.64. The molecule has 1 aromatic heterocycles. The van der Waals surface area contributed by atoms with Gasteiger partial charge in [0.15, 0.2) is 10.9 Å². The summed E-state index contributed by atoms with van der Waals surface area (Å²) in [6.07, 6.45) is 0. The van der Waals surface area contributed by atoms with Crippen molar-refractivity contribution in [1.82, 2.24) is 15.1 Å². The summed E-state index contributed by atoms with van der Waals surface area (Å²) < 4.78 is 6.82. The fourth-order valence-corrected chi connectivity index (χ4v) is 2.64. The Hall–Kier alpha value is -1.34. The first kappa shape index (κ1) is 18.0. The van der Waals surface area contributed by atoms with Gasteiger partial charge >= 0.3 is 0 Å². The predicted octanol–water partition coefficient (Wildman–Crippen LogP) is 3.48. The molecule has 0 aliphatic heterocycles. The number of hydrogen-bond donors (Lipinski definition) is 2. The average Bonchev–Trinajstić information content (AvgIpc) is 2.82. The summed E-state index contributed by atoms with van der Waals surface area (Å²) >= 11 is 17.3. The lowest BCUT2D eigenvalue weighted by Gasteiger charge is -2.08. The van der Waals surface area contributed by atoms with E-state index in [-0.39, 0.29) is 0 Å². The van der Waals surface area contributed by atoms with Gasteiger partial charge in [-0.05, 0) is 36.8 Å². The normalized spacial score (nSPS) is 10.6. The first-order valence-electron chi connectivity index (χ1n) is 7.01. The third-order valence-corrected chi connectivity index (χ3v) is 3.98. The first-order chi connectivity index (χ1) is 11.0. The number of aryl methyl sites for hydroxylation is 1. The molecule has 2 rings (SSSR count). The van der Waals surface area contributed by atoms with E-state index in [1.807, 2.05) is 29.8 Å². The van der Waals surface area contributed by atoms with Crippen LogP contribution in [0.25, 0.3) is 0 Å². The van der Waals surface area contributed by atoms with Crippen LogP contribution in [0.3, 0.4) is 0 Å².